The van der Waals surface area contributed by atoms with Gasteiger partial charge in [-0.15, -0.1) is 0 Å². The van der Waals surface area contributed by atoms with Crippen molar-refractivity contribution < 1.29 is 17.4 Å². The van der Waals surface area contributed by atoms with Crippen LogP contribution in [0.1, 0.15) is 0 Å². The number of hydrogen-bond acceptors (Lipinski definition) is 4. The van der Waals surface area contributed by atoms with Gasteiger partial charge in [0.15, 0.2) is 5.96 Å². The zero-order valence-electron chi connectivity index (χ0n) is 9.23. The van der Waals surface area contributed by atoms with Crippen LogP contribution < -0.4 is 11.1 Å². The molecule has 0 radical (unpaired) electrons. The quantitative estimate of drug-likeness (QED) is 0.478. The molecule has 3 N–H and O–H groups in total. The molecule has 1 atom stereocenters. The molecule has 1 heterocycles. The maximum absolute atomic E-state index is 11.9. The molecule has 0 saturated carbocycles. The third-order valence-electron chi connectivity index (χ3n) is 1.58. The third-order valence-corrected chi connectivity index (χ3v) is 2.29. The lowest BCUT2D eigenvalue weighted by Gasteiger charge is -2.06. The molecule has 0 aliphatic rings. The molecule has 1 aromatic heterocycles. The Morgan fingerprint density at radius 2 is 2.28 bits per heavy atom. The molecule has 0 fully saturated rings. The summed E-state index contributed by atoms with van der Waals surface area (Å²) in [6.07, 6.45) is -1.74. The lowest BCUT2D eigenvalue weighted by Crippen LogP contribution is -2.26. The number of nitrogens with zero attached hydrogens (tertiary/aromatic N) is 3. The van der Waals surface area contributed by atoms with E-state index < -0.39 is 29.5 Å². The van der Waals surface area contributed by atoms with Crippen molar-refractivity contribution in [3.05, 3.63) is 12.3 Å². The molecule has 1 rings (SSSR count). The van der Waals surface area contributed by atoms with Gasteiger partial charge in [0.25, 0.3) is 0 Å². The first-order valence-corrected chi connectivity index (χ1v) is 6.14. The van der Waals surface area contributed by atoms with Gasteiger partial charge in [-0.3, -0.25) is 4.21 Å². The Labute approximate surface area is 103 Å². The smallest absolute Gasteiger partial charge is 0.370 e. The molecule has 18 heavy (non-hydrogen) atoms. The van der Waals surface area contributed by atoms with E-state index in [2.05, 4.69) is 20.3 Å². The summed E-state index contributed by atoms with van der Waals surface area (Å²) < 4.78 is 46.7. The molecule has 0 aliphatic heterocycles. The highest BCUT2D eigenvalue weighted by Gasteiger charge is 2.26. The van der Waals surface area contributed by atoms with Crippen LogP contribution in [0.15, 0.2) is 22.4 Å². The first kappa shape index (κ1) is 14.4. The van der Waals surface area contributed by atoms with Gasteiger partial charge >= 0.3 is 6.18 Å². The van der Waals surface area contributed by atoms with Gasteiger partial charge in [-0.1, -0.05) is 0 Å². The van der Waals surface area contributed by atoms with E-state index in [1.165, 1.54) is 18.5 Å². The predicted octanol–water partition coefficient (Wildman–Crippen LogP) is 0.503. The van der Waals surface area contributed by atoms with Crippen molar-refractivity contribution >= 4 is 22.6 Å². The summed E-state index contributed by atoms with van der Waals surface area (Å²) in [6, 6.07) is 1.37. The molecule has 100 valence electrons. The molecule has 0 bridgehead atoms. The molecule has 0 aromatic carbocycles. The fourth-order valence-corrected chi connectivity index (χ4v) is 1.33. The average Bonchev–Trinajstić information content (AvgIpc) is 2.26. The molecular weight excluding hydrogens is 271 g/mol. The lowest BCUT2D eigenvalue weighted by atomic mass is 10.6. The Morgan fingerprint density at radius 1 is 1.61 bits per heavy atom. The van der Waals surface area contributed by atoms with E-state index in [9.17, 15) is 17.4 Å². The SMILES string of the molecule is CS(=O)c1nccc(NC(N)=NCC(F)(F)F)n1. The topological polar surface area (TPSA) is 93.3 Å². The number of guanidine groups is 1. The van der Waals surface area contributed by atoms with Crippen LogP contribution in [-0.2, 0) is 10.8 Å². The van der Waals surface area contributed by atoms with E-state index in [0.717, 1.165) is 0 Å². The number of nitrogens with two attached hydrogens (primary N) is 1. The molecule has 10 heteroatoms. The molecule has 6 nitrogen and oxygen atoms in total. The number of anilines is 1. The van der Waals surface area contributed by atoms with E-state index in [-0.39, 0.29) is 11.0 Å². The van der Waals surface area contributed by atoms with Crippen LogP contribution in [0.5, 0.6) is 0 Å². The van der Waals surface area contributed by atoms with Crippen LogP contribution in [0.2, 0.25) is 0 Å². The number of rotatable bonds is 3. The van der Waals surface area contributed by atoms with Crippen LogP contribution in [0.4, 0.5) is 19.0 Å². The van der Waals surface area contributed by atoms with Crippen LogP contribution in [-0.4, -0.2) is 39.1 Å². The second-order valence-electron chi connectivity index (χ2n) is 3.12. The molecule has 0 amide bonds. The molecule has 1 aromatic rings. The van der Waals surface area contributed by atoms with Crippen LogP contribution in [0, 0.1) is 0 Å². The van der Waals surface area contributed by atoms with Crippen molar-refractivity contribution in [3.63, 3.8) is 0 Å². The second kappa shape index (κ2) is 5.76. The van der Waals surface area contributed by atoms with Crippen molar-refractivity contribution in [2.24, 2.45) is 10.7 Å². The minimum absolute atomic E-state index is 0.0450. The summed E-state index contributed by atoms with van der Waals surface area (Å²) in [5.41, 5.74) is 5.24. The Morgan fingerprint density at radius 3 is 2.83 bits per heavy atom. The highest BCUT2D eigenvalue weighted by Crippen LogP contribution is 2.14. The van der Waals surface area contributed by atoms with Gasteiger partial charge in [0.1, 0.15) is 12.4 Å². The zero-order chi connectivity index (χ0) is 13.8. The summed E-state index contributed by atoms with van der Waals surface area (Å²) in [6.45, 7) is -1.39. The predicted molar refractivity (Wildman–Crippen MR) is 60.5 cm³/mol. The van der Waals surface area contributed by atoms with Crippen molar-refractivity contribution in [3.8, 4) is 0 Å². The van der Waals surface area contributed by atoms with Gasteiger partial charge in [0.05, 0.1) is 10.8 Å². The van der Waals surface area contributed by atoms with Gasteiger partial charge in [-0.2, -0.15) is 13.2 Å². The maximum Gasteiger partial charge on any atom is 0.408 e. The van der Waals surface area contributed by atoms with Gasteiger partial charge in [-0.05, 0) is 6.07 Å². The Balaban J connectivity index is 2.73. The minimum atomic E-state index is -4.42. The van der Waals surface area contributed by atoms with Crippen LogP contribution in [0.25, 0.3) is 0 Å². The molecule has 0 saturated heterocycles. The summed E-state index contributed by atoms with van der Waals surface area (Å²) >= 11 is 0. The summed E-state index contributed by atoms with van der Waals surface area (Å²) in [7, 11) is -1.39. The van der Waals surface area contributed by atoms with Crippen LogP contribution in [0.3, 0.4) is 0 Å². The molecule has 1 unspecified atom stereocenters. The lowest BCUT2D eigenvalue weighted by molar-refractivity contribution is -0.118. The fourth-order valence-electron chi connectivity index (χ4n) is 0.894. The van der Waals surface area contributed by atoms with E-state index in [4.69, 9.17) is 5.73 Å². The summed E-state index contributed by atoms with van der Waals surface area (Å²) in [5.74, 6) is -0.308. The van der Waals surface area contributed by atoms with E-state index >= 15 is 0 Å². The van der Waals surface area contributed by atoms with E-state index in [1.54, 1.807) is 0 Å². The fraction of sp³-hybridized carbons (Fsp3) is 0.375. The molecule has 0 aliphatic carbocycles. The average molecular weight is 281 g/mol. The maximum atomic E-state index is 11.9. The van der Waals surface area contributed by atoms with Gasteiger partial charge < -0.3 is 11.1 Å². The first-order valence-electron chi connectivity index (χ1n) is 4.58. The first-order chi connectivity index (χ1) is 8.28. The highest BCUT2D eigenvalue weighted by atomic mass is 32.2. The number of aromatic nitrogens is 2. The minimum Gasteiger partial charge on any atom is -0.370 e. The molecule has 0 spiro atoms. The largest absolute Gasteiger partial charge is 0.408 e. The Bertz CT molecular complexity index is 476. The standard InChI is InChI=1S/C8H10F3N5OS/c1-18(17)7-13-3-2-5(16-7)15-6(12)14-4-8(9,10)11/h2-3H,4H2,1H3,(H3,12,13,14,15,16). The summed E-state index contributed by atoms with van der Waals surface area (Å²) in [4.78, 5) is 10.6. The van der Waals surface area contributed by atoms with Crippen molar-refractivity contribution in [2.45, 2.75) is 11.3 Å². The number of nitrogens with one attached hydrogen (secondary N) is 1. The van der Waals surface area contributed by atoms with E-state index in [1.807, 2.05) is 0 Å². The van der Waals surface area contributed by atoms with Crippen molar-refractivity contribution in [1.29, 1.82) is 0 Å². The van der Waals surface area contributed by atoms with E-state index in [0.29, 0.717) is 0 Å². The number of hydrogen-bond donors (Lipinski definition) is 2. The molecular formula is C8H10F3N5OS. The van der Waals surface area contributed by atoms with Crippen molar-refractivity contribution in [1.82, 2.24) is 9.97 Å². The van der Waals surface area contributed by atoms with Crippen molar-refractivity contribution in [2.75, 3.05) is 18.1 Å². The van der Waals surface area contributed by atoms with Gasteiger partial charge in [0.2, 0.25) is 5.16 Å². The van der Waals surface area contributed by atoms with Crippen LogP contribution >= 0.6 is 0 Å². The number of alkyl halides is 3. The second-order valence-corrected chi connectivity index (χ2v) is 4.39. The van der Waals surface area contributed by atoms with Gasteiger partial charge in [-0.25, -0.2) is 15.0 Å². The zero-order valence-corrected chi connectivity index (χ0v) is 10.0. The highest BCUT2D eigenvalue weighted by molar-refractivity contribution is 7.84. The summed E-state index contributed by atoms with van der Waals surface area (Å²) in [5, 5.41) is 2.40. The third kappa shape index (κ3) is 5.08. The Kier molecular flexibility index (Phi) is 4.59. The number of halogens is 3. The Hall–Kier alpha value is -1.71. The normalized spacial score (nSPS) is 14.3. The monoisotopic (exact) mass is 281 g/mol. The van der Waals surface area contributed by atoms with Gasteiger partial charge in [0, 0.05) is 12.5 Å². The number of aliphatic imine (C=N–C) groups is 1.